The quantitative estimate of drug-likeness (QED) is 0.543. The molecule has 0 bridgehead atoms. The average molecular weight is 496 g/mol. The first kappa shape index (κ1) is 23.7. The smallest absolute Gasteiger partial charge is 0.293 e. The molecule has 2 amide bonds. The third-order valence-electron chi connectivity index (χ3n) is 6.37. The largest absolute Gasteiger partial charge is 0.489 e. The Kier molecular flexibility index (Phi) is 6.51. The predicted molar refractivity (Wildman–Crippen MR) is 128 cm³/mol. The van der Waals surface area contributed by atoms with Gasteiger partial charge in [-0.2, -0.15) is 4.80 Å². The van der Waals surface area contributed by atoms with Crippen LogP contribution in [0.15, 0.2) is 42.5 Å². The Bertz CT molecular complexity index is 1270. The van der Waals surface area contributed by atoms with Gasteiger partial charge in [0, 0.05) is 39.4 Å². The van der Waals surface area contributed by atoms with E-state index in [2.05, 4.69) is 20.7 Å². The Morgan fingerprint density at radius 2 is 2.06 bits per heavy atom. The minimum absolute atomic E-state index is 0.0345. The zero-order chi connectivity index (χ0) is 25.2. The molecule has 0 saturated carbocycles. The fraction of sp³-hybridized carbons (Fsp3) is 0.375. The van der Waals surface area contributed by atoms with Crippen LogP contribution in [0.25, 0.3) is 0 Å². The molecule has 3 heterocycles. The second kappa shape index (κ2) is 9.90. The van der Waals surface area contributed by atoms with E-state index in [1.165, 1.54) is 22.8 Å². The first-order chi connectivity index (χ1) is 17.4. The number of likely N-dealkylation sites (N-methyl/N-ethyl adjacent to an activating group) is 1. The highest BCUT2D eigenvalue weighted by Crippen LogP contribution is 2.37. The van der Waals surface area contributed by atoms with Crippen molar-refractivity contribution < 1.29 is 23.5 Å². The van der Waals surface area contributed by atoms with Crippen LogP contribution in [-0.4, -0.2) is 78.0 Å². The molecule has 2 aliphatic heterocycles. The molecule has 188 valence electrons. The Balaban J connectivity index is 1.29. The second-order valence-corrected chi connectivity index (χ2v) is 8.73. The Morgan fingerprint density at radius 3 is 2.81 bits per heavy atom. The molecule has 2 aliphatic rings. The Hall–Kier alpha value is -4.06. The first-order valence-electron chi connectivity index (χ1n) is 11.6. The summed E-state index contributed by atoms with van der Waals surface area (Å²) in [5.74, 6) is -1.39. The molecule has 1 N–H and O–H groups in total. The van der Waals surface area contributed by atoms with Crippen molar-refractivity contribution in [2.24, 2.45) is 0 Å². The number of rotatable bonds is 6. The van der Waals surface area contributed by atoms with Crippen molar-refractivity contribution in [1.29, 1.82) is 0 Å². The summed E-state index contributed by atoms with van der Waals surface area (Å²) in [6.45, 7) is 1.43. The lowest BCUT2D eigenvalue weighted by atomic mass is 10.2. The van der Waals surface area contributed by atoms with Crippen LogP contribution >= 0.6 is 0 Å². The predicted octanol–water partition coefficient (Wildman–Crippen LogP) is 1.24. The lowest BCUT2D eigenvalue weighted by Gasteiger charge is -2.23. The van der Waals surface area contributed by atoms with Crippen LogP contribution in [-0.2, 0) is 16.1 Å². The van der Waals surface area contributed by atoms with Gasteiger partial charge in [-0.3, -0.25) is 9.59 Å². The number of methoxy groups -OCH3 is 1. The number of carbonyl (C=O) groups excluding carboxylic acids is 2. The van der Waals surface area contributed by atoms with Gasteiger partial charge in [0.25, 0.3) is 17.6 Å². The number of tetrazole rings is 1. The van der Waals surface area contributed by atoms with E-state index in [4.69, 9.17) is 9.47 Å². The molecule has 12 heteroatoms. The number of hydrogen-bond acceptors (Lipinski definition) is 8. The van der Waals surface area contributed by atoms with Gasteiger partial charge in [0.1, 0.15) is 24.2 Å². The Labute approximate surface area is 206 Å². The van der Waals surface area contributed by atoms with E-state index in [1.54, 1.807) is 13.2 Å². The summed E-state index contributed by atoms with van der Waals surface area (Å²) in [7, 11) is 3.15. The minimum Gasteiger partial charge on any atom is -0.489 e. The lowest BCUT2D eigenvalue weighted by molar-refractivity contribution is -0.120. The van der Waals surface area contributed by atoms with E-state index in [0.717, 1.165) is 12.0 Å². The molecule has 0 spiro atoms. The number of fused-ring (bicyclic) bond motifs is 1. The maximum absolute atomic E-state index is 15.0. The van der Waals surface area contributed by atoms with Gasteiger partial charge in [-0.05, 0) is 17.2 Å². The van der Waals surface area contributed by atoms with Gasteiger partial charge in [-0.15, -0.1) is 10.2 Å². The van der Waals surface area contributed by atoms with E-state index >= 15 is 4.39 Å². The number of anilines is 2. The van der Waals surface area contributed by atoms with E-state index < -0.39 is 23.7 Å². The highest BCUT2D eigenvalue weighted by molar-refractivity contribution is 6.02. The number of benzene rings is 2. The van der Waals surface area contributed by atoms with Gasteiger partial charge in [0.05, 0.1) is 24.0 Å². The van der Waals surface area contributed by atoms with Crippen molar-refractivity contribution >= 4 is 23.2 Å². The average Bonchev–Trinajstić information content (AvgIpc) is 3.54. The summed E-state index contributed by atoms with van der Waals surface area (Å²) < 4.78 is 26.3. The summed E-state index contributed by atoms with van der Waals surface area (Å²) in [6, 6.07) is 11.4. The molecule has 1 saturated heterocycles. The van der Waals surface area contributed by atoms with Gasteiger partial charge in [-0.1, -0.05) is 30.3 Å². The molecule has 1 fully saturated rings. The normalized spacial score (nSPS) is 19.6. The van der Waals surface area contributed by atoms with Crippen molar-refractivity contribution in [3.8, 4) is 5.75 Å². The highest BCUT2D eigenvalue weighted by atomic mass is 19.1. The van der Waals surface area contributed by atoms with Crippen molar-refractivity contribution in [2.45, 2.75) is 25.1 Å². The molecule has 0 aliphatic carbocycles. The van der Waals surface area contributed by atoms with E-state index in [-0.39, 0.29) is 24.2 Å². The molecule has 2 atom stereocenters. The van der Waals surface area contributed by atoms with Crippen LogP contribution < -0.4 is 19.9 Å². The van der Waals surface area contributed by atoms with Crippen LogP contribution in [0.4, 0.5) is 15.8 Å². The van der Waals surface area contributed by atoms with Crippen LogP contribution in [0.5, 0.6) is 5.75 Å². The van der Waals surface area contributed by atoms with Crippen LogP contribution in [0, 0.1) is 5.82 Å². The van der Waals surface area contributed by atoms with Crippen LogP contribution in [0.2, 0.25) is 0 Å². The van der Waals surface area contributed by atoms with Crippen molar-refractivity contribution in [3.63, 3.8) is 0 Å². The zero-order valence-electron chi connectivity index (χ0n) is 19.9. The van der Waals surface area contributed by atoms with Crippen LogP contribution in [0.1, 0.15) is 22.6 Å². The maximum atomic E-state index is 15.0. The van der Waals surface area contributed by atoms with E-state index in [1.807, 2.05) is 35.2 Å². The summed E-state index contributed by atoms with van der Waals surface area (Å²) in [5, 5.41) is 14.4. The zero-order valence-corrected chi connectivity index (χ0v) is 19.9. The highest BCUT2D eigenvalue weighted by Gasteiger charge is 2.34. The van der Waals surface area contributed by atoms with E-state index in [9.17, 15) is 9.59 Å². The van der Waals surface area contributed by atoms with Crippen molar-refractivity contribution in [2.75, 3.05) is 43.7 Å². The standard InChI is InChI=1S/C24H26FN7O4/c1-30-20-10-17(25)19(31-9-8-16(13-31)35-2)11-21(20)36-14-18(24(30)34)26-23(33)22-27-29-32(28-22)12-15-6-4-3-5-7-15/h3-7,10-11,16,18H,8-9,12-14H2,1-2H3,(H,26,33)/t16-,18-/m0/s1. The number of halogens is 1. The van der Waals surface area contributed by atoms with Crippen molar-refractivity contribution in [1.82, 2.24) is 25.5 Å². The van der Waals surface area contributed by atoms with Crippen molar-refractivity contribution in [3.05, 3.63) is 59.7 Å². The summed E-state index contributed by atoms with van der Waals surface area (Å²) in [6.07, 6.45) is 0.830. The molecule has 11 nitrogen and oxygen atoms in total. The van der Waals surface area contributed by atoms with Gasteiger partial charge in [-0.25, -0.2) is 4.39 Å². The number of nitrogens with zero attached hydrogens (tertiary/aromatic N) is 6. The number of hydrogen-bond donors (Lipinski definition) is 1. The van der Waals surface area contributed by atoms with E-state index in [0.29, 0.717) is 31.1 Å². The minimum atomic E-state index is -1.02. The number of ether oxygens (including phenoxy) is 2. The van der Waals surface area contributed by atoms with Gasteiger partial charge >= 0.3 is 0 Å². The summed E-state index contributed by atoms with van der Waals surface area (Å²) in [4.78, 5) is 30.3. The topological polar surface area (TPSA) is 115 Å². The SMILES string of the molecule is CO[C@H]1CCN(c2cc3c(cc2F)N(C)C(=O)[C@@H](NC(=O)c2nnn(Cc4ccccc4)n2)CO3)C1. The molecule has 36 heavy (non-hydrogen) atoms. The maximum Gasteiger partial charge on any atom is 0.293 e. The molecule has 1 aromatic heterocycles. The molecular formula is C24H26FN7O4. The number of amides is 2. The lowest BCUT2D eigenvalue weighted by Crippen LogP contribution is -2.49. The number of carbonyl (C=O) groups is 2. The Morgan fingerprint density at radius 1 is 1.25 bits per heavy atom. The molecule has 2 aromatic carbocycles. The number of aromatic nitrogens is 4. The molecule has 3 aromatic rings. The van der Waals surface area contributed by atoms with Crippen LogP contribution in [0.3, 0.4) is 0 Å². The molecule has 0 radical (unpaired) electrons. The third kappa shape index (κ3) is 4.71. The molecular weight excluding hydrogens is 469 g/mol. The monoisotopic (exact) mass is 495 g/mol. The van der Waals surface area contributed by atoms with Gasteiger partial charge in [0.15, 0.2) is 0 Å². The summed E-state index contributed by atoms with van der Waals surface area (Å²) >= 11 is 0. The third-order valence-corrected chi connectivity index (χ3v) is 6.37. The fourth-order valence-corrected chi connectivity index (χ4v) is 4.36. The molecule has 0 unspecified atom stereocenters. The van der Waals surface area contributed by atoms with Gasteiger partial charge in [0.2, 0.25) is 0 Å². The number of nitrogens with one attached hydrogen (secondary N) is 1. The summed E-state index contributed by atoms with van der Waals surface area (Å²) in [5.41, 5.74) is 1.62. The fourth-order valence-electron chi connectivity index (χ4n) is 4.36. The molecule has 5 rings (SSSR count). The first-order valence-corrected chi connectivity index (χ1v) is 11.6. The van der Waals surface area contributed by atoms with Gasteiger partial charge < -0.3 is 24.6 Å². The second-order valence-electron chi connectivity index (χ2n) is 8.73.